The molecule has 0 aliphatic carbocycles. The molecule has 0 fully saturated rings. The first-order chi connectivity index (χ1) is 14.5. The minimum atomic E-state index is -0.626. The van der Waals surface area contributed by atoms with E-state index in [9.17, 15) is 9.59 Å². The largest absolute Gasteiger partial charge is 0.457 e. The number of fused-ring (bicyclic) bond motifs is 1. The molecule has 1 atom stereocenters. The van der Waals surface area contributed by atoms with E-state index < -0.39 is 11.2 Å². The molecule has 8 heteroatoms. The monoisotopic (exact) mass is 403 g/mol. The van der Waals surface area contributed by atoms with Crippen LogP contribution in [0.1, 0.15) is 26.3 Å². The van der Waals surface area contributed by atoms with Gasteiger partial charge in [-0.2, -0.15) is 10.1 Å². The first-order valence-electron chi connectivity index (χ1n) is 9.69. The minimum Gasteiger partial charge on any atom is -0.457 e. The molecule has 0 N–H and O–H groups in total. The van der Waals surface area contributed by atoms with Gasteiger partial charge in [-0.25, -0.2) is 14.5 Å². The number of ether oxygens (including phenoxy) is 1. The van der Waals surface area contributed by atoms with E-state index in [-0.39, 0.29) is 17.6 Å². The van der Waals surface area contributed by atoms with Crippen LogP contribution in [0.15, 0.2) is 64.2 Å². The maximum atomic E-state index is 12.7. The lowest BCUT2D eigenvalue weighted by atomic mass is 10.2. The number of aromatic nitrogens is 5. The summed E-state index contributed by atoms with van der Waals surface area (Å²) in [5.41, 5.74) is -0.325. The summed E-state index contributed by atoms with van der Waals surface area (Å²) in [4.78, 5) is 33.2. The van der Waals surface area contributed by atoms with E-state index in [2.05, 4.69) is 15.1 Å². The van der Waals surface area contributed by atoms with E-state index in [1.54, 1.807) is 4.68 Å². The van der Waals surface area contributed by atoms with Crippen molar-refractivity contribution in [1.82, 2.24) is 24.3 Å². The summed E-state index contributed by atoms with van der Waals surface area (Å²) in [7, 11) is 1.39. The van der Waals surface area contributed by atoms with E-state index in [1.807, 2.05) is 68.4 Å². The third kappa shape index (κ3) is 3.59. The molecule has 0 radical (unpaired) electrons. The van der Waals surface area contributed by atoms with Gasteiger partial charge < -0.3 is 4.74 Å². The van der Waals surface area contributed by atoms with Crippen LogP contribution in [0.5, 0.6) is 11.5 Å². The predicted molar refractivity (Wildman–Crippen MR) is 113 cm³/mol. The number of hydrogen-bond acceptors (Lipinski definition) is 6. The summed E-state index contributed by atoms with van der Waals surface area (Å²) in [6, 6.07) is 16.7. The third-order valence-corrected chi connectivity index (χ3v) is 4.92. The minimum absolute atomic E-state index is 0.0722. The van der Waals surface area contributed by atoms with E-state index in [4.69, 9.17) is 4.74 Å². The van der Waals surface area contributed by atoms with Crippen molar-refractivity contribution in [3.8, 4) is 34.4 Å². The van der Waals surface area contributed by atoms with Crippen LogP contribution in [0.3, 0.4) is 0 Å². The summed E-state index contributed by atoms with van der Waals surface area (Å²) in [5, 5.41) is 4.60. The Labute approximate surface area is 172 Å². The second-order valence-corrected chi connectivity index (χ2v) is 7.01. The molecule has 8 nitrogen and oxygen atoms in total. The number of hydrogen-bond donors (Lipinski definition) is 0. The number of para-hydroxylation sites is 1. The molecule has 4 rings (SSSR count). The Bertz CT molecular complexity index is 1280. The molecule has 0 amide bonds. The van der Waals surface area contributed by atoms with Crippen molar-refractivity contribution < 1.29 is 4.74 Å². The van der Waals surface area contributed by atoms with E-state index in [0.717, 1.165) is 11.0 Å². The second-order valence-electron chi connectivity index (χ2n) is 7.01. The highest BCUT2D eigenvalue weighted by molar-refractivity contribution is 5.61. The maximum absolute atomic E-state index is 12.7. The summed E-state index contributed by atoms with van der Waals surface area (Å²) in [5.74, 6) is 1.89. The number of benzene rings is 2. The average Bonchev–Trinajstić information content (AvgIpc) is 2.77. The molecule has 0 spiro atoms. The van der Waals surface area contributed by atoms with Crippen LogP contribution >= 0.6 is 0 Å². The van der Waals surface area contributed by atoms with Gasteiger partial charge in [0.2, 0.25) is 0 Å². The van der Waals surface area contributed by atoms with Gasteiger partial charge in [-0.15, -0.1) is 0 Å². The Morgan fingerprint density at radius 1 is 1.00 bits per heavy atom. The van der Waals surface area contributed by atoms with Crippen LogP contribution < -0.4 is 16.0 Å². The smallest absolute Gasteiger partial charge is 0.352 e. The van der Waals surface area contributed by atoms with Crippen molar-refractivity contribution >= 4 is 0 Å². The summed E-state index contributed by atoms with van der Waals surface area (Å²) >= 11 is 0. The Morgan fingerprint density at radius 2 is 1.73 bits per heavy atom. The molecule has 152 valence electrons. The molecule has 30 heavy (non-hydrogen) atoms. The lowest BCUT2D eigenvalue weighted by molar-refractivity contribution is 0.462. The molecular weight excluding hydrogens is 382 g/mol. The summed E-state index contributed by atoms with van der Waals surface area (Å²) < 4.78 is 8.46. The van der Waals surface area contributed by atoms with Gasteiger partial charge >= 0.3 is 5.69 Å². The fraction of sp³-hybridized carbons (Fsp3) is 0.227. The molecule has 2 aliphatic heterocycles. The van der Waals surface area contributed by atoms with Crippen molar-refractivity contribution in [2.45, 2.75) is 26.3 Å². The molecule has 0 aromatic heterocycles. The fourth-order valence-corrected chi connectivity index (χ4v) is 3.02. The predicted octanol–water partition coefficient (Wildman–Crippen LogP) is 3.27. The van der Waals surface area contributed by atoms with Gasteiger partial charge in [0, 0.05) is 12.6 Å². The highest BCUT2D eigenvalue weighted by Gasteiger charge is 2.23. The molecule has 0 saturated carbocycles. The standard InChI is InChI=1S/C22H21N5O3/c1-4-14(2)27-20-18(21(28)26(3)22(29)24-20)23-19(25-27)15-9-8-12-17(13-15)30-16-10-6-5-7-11-16/h5-14H,4H2,1-3H3. The van der Waals surface area contributed by atoms with Gasteiger partial charge in [-0.05, 0) is 37.6 Å². The molecule has 2 aromatic carbocycles. The highest BCUT2D eigenvalue weighted by Crippen LogP contribution is 2.27. The normalized spacial score (nSPS) is 12.1. The molecule has 2 aliphatic rings. The first kappa shape index (κ1) is 19.5. The molecule has 2 aromatic rings. The van der Waals surface area contributed by atoms with Crippen LogP contribution in [0.4, 0.5) is 0 Å². The highest BCUT2D eigenvalue weighted by atomic mass is 16.5. The number of rotatable bonds is 5. The van der Waals surface area contributed by atoms with E-state index >= 15 is 0 Å². The van der Waals surface area contributed by atoms with Gasteiger partial charge in [0.1, 0.15) is 11.5 Å². The molecule has 0 bridgehead atoms. The SMILES string of the molecule is CCC(C)n1nc(-c2cccc(Oc3ccccc3)c2)nc2c(=O)n(C)c(=O)nc1-2. The second kappa shape index (κ2) is 7.90. The Hall–Kier alpha value is -3.81. The molecule has 2 heterocycles. The topological polar surface area (TPSA) is 91.9 Å². The van der Waals surface area contributed by atoms with Crippen molar-refractivity contribution in [3.05, 3.63) is 75.4 Å². The van der Waals surface area contributed by atoms with Gasteiger partial charge in [-0.3, -0.25) is 9.36 Å². The zero-order valence-corrected chi connectivity index (χ0v) is 16.9. The maximum Gasteiger partial charge on any atom is 0.352 e. The van der Waals surface area contributed by atoms with Gasteiger partial charge in [0.25, 0.3) is 5.56 Å². The van der Waals surface area contributed by atoms with Crippen LogP contribution in [0.25, 0.3) is 22.9 Å². The third-order valence-electron chi connectivity index (χ3n) is 4.92. The van der Waals surface area contributed by atoms with E-state index in [1.165, 1.54) is 7.05 Å². The van der Waals surface area contributed by atoms with Gasteiger partial charge in [0.05, 0.1) is 6.04 Å². The van der Waals surface area contributed by atoms with Crippen LogP contribution in [-0.2, 0) is 7.05 Å². The lowest BCUT2D eigenvalue weighted by Crippen LogP contribution is -2.37. The van der Waals surface area contributed by atoms with Crippen molar-refractivity contribution in [2.75, 3.05) is 0 Å². The summed E-state index contributed by atoms with van der Waals surface area (Å²) in [6.07, 6.45) is 0.748. The van der Waals surface area contributed by atoms with Crippen LogP contribution in [-0.4, -0.2) is 24.3 Å². The lowest BCUT2D eigenvalue weighted by Gasteiger charge is -2.19. The van der Waals surface area contributed by atoms with E-state index in [0.29, 0.717) is 22.9 Å². The Balaban J connectivity index is 1.87. The van der Waals surface area contributed by atoms with Crippen molar-refractivity contribution in [1.29, 1.82) is 0 Å². The molecule has 1 unspecified atom stereocenters. The first-order valence-corrected chi connectivity index (χ1v) is 9.69. The fourth-order valence-electron chi connectivity index (χ4n) is 3.02. The summed E-state index contributed by atoms with van der Waals surface area (Å²) in [6.45, 7) is 3.95. The van der Waals surface area contributed by atoms with Crippen molar-refractivity contribution in [3.63, 3.8) is 0 Å². The zero-order valence-electron chi connectivity index (χ0n) is 16.9. The van der Waals surface area contributed by atoms with Gasteiger partial charge in [0.15, 0.2) is 17.3 Å². The zero-order chi connectivity index (χ0) is 21.3. The van der Waals surface area contributed by atoms with Crippen LogP contribution in [0.2, 0.25) is 0 Å². The average molecular weight is 403 g/mol. The van der Waals surface area contributed by atoms with Crippen LogP contribution in [0, 0.1) is 0 Å². The quantitative estimate of drug-likeness (QED) is 0.508. The van der Waals surface area contributed by atoms with Gasteiger partial charge in [-0.1, -0.05) is 37.3 Å². The Kier molecular flexibility index (Phi) is 5.14. The molecular formula is C22H21N5O3. The molecule has 0 saturated heterocycles. The Morgan fingerprint density at radius 3 is 2.47 bits per heavy atom. The number of nitrogens with zero attached hydrogens (tertiary/aromatic N) is 5. The van der Waals surface area contributed by atoms with Crippen molar-refractivity contribution in [2.24, 2.45) is 7.05 Å².